The van der Waals surface area contributed by atoms with Gasteiger partial charge in [-0.25, -0.2) is 0 Å². The summed E-state index contributed by atoms with van der Waals surface area (Å²) in [5.74, 6) is -0.824. The molecule has 2 unspecified atom stereocenters. The van der Waals surface area contributed by atoms with Crippen LogP contribution in [0.25, 0.3) is 0 Å². The summed E-state index contributed by atoms with van der Waals surface area (Å²) >= 11 is 0. The molecule has 0 rings (SSSR count). The van der Waals surface area contributed by atoms with Crippen molar-refractivity contribution in [3.63, 3.8) is 0 Å². The lowest BCUT2D eigenvalue weighted by molar-refractivity contribution is -0.870. The van der Waals surface area contributed by atoms with Crippen molar-refractivity contribution >= 4 is 19.8 Å². The highest BCUT2D eigenvalue weighted by Crippen LogP contribution is 2.38. The molecule has 92 heavy (non-hydrogen) atoms. The smallest absolute Gasteiger partial charge is 0.306 e. The largest absolute Gasteiger partial charge is 0.756 e. The van der Waals surface area contributed by atoms with Crippen LogP contribution < -0.4 is 4.89 Å². The molecule has 0 aromatic rings. The average Bonchev–Trinajstić information content (AvgIpc) is 2.14. The number of nitrogens with zero attached hydrogens (tertiary/aromatic N) is 1. The Morgan fingerprint density at radius 1 is 0.337 bits per heavy atom. The van der Waals surface area contributed by atoms with E-state index >= 15 is 0 Å². The first-order chi connectivity index (χ1) is 45.0. The molecular weight excluding hydrogens is 1160 g/mol. The van der Waals surface area contributed by atoms with Gasteiger partial charge in [-0.3, -0.25) is 14.2 Å². The Labute approximate surface area is 568 Å². The second kappa shape index (κ2) is 71.7. The van der Waals surface area contributed by atoms with E-state index in [1.807, 2.05) is 21.1 Å². The lowest BCUT2D eigenvalue weighted by Gasteiger charge is -2.28. The maximum absolute atomic E-state index is 12.9. The van der Waals surface area contributed by atoms with Gasteiger partial charge >= 0.3 is 11.9 Å². The van der Waals surface area contributed by atoms with Crippen LogP contribution in [-0.4, -0.2) is 70.0 Å². The number of phosphoric acid groups is 1. The topological polar surface area (TPSA) is 111 Å². The van der Waals surface area contributed by atoms with Gasteiger partial charge in [0.1, 0.15) is 19.8 Å². The van der Waals surface area contributed by atoms with Gasteiger partial charge in [-0.15, -0.1) is 0 Å². The van der Waals surface area contributed by atoms with Gasteiger partial charge in [0.25, 0.3) is 7.82 Å². The highest BCUT2D eigenvalue weighted by atomic mass is 31.2. The number of ether oxygens (including phenoxy) is 2. The molecule has 0 fully saturated rings. The molecule has 0 bridgehead atoms. The summed E-state index contributed by atoms with van der Waals surface area (Å²) in [4.78, 5) is 38.2. The molecule has 0 aromatic carbocycles. The second-order valence-electron chi connectivity index (χ2n) is 26.6. The predicted octanol–water partition coefficient (Wildman–Crippen LogP) is 24.8. The van der Waals surface area contributed by atoms with Crippen LogP contribution in [0.1, 0.15) is 335 Å². The Kier molecular flexibility index (Phi) is 68.9. The maximum Gasteiger partial charge on any atom is 0.306 e. The Morgan fingerprint density at radius 2 is 0.587 bits per heavy atom. The van der Waals surface area contributed by atoms with Gasteiger partial charge in [-0.2, -0.15) is 0 Å². The molecule has 0 aliphatic carbocycles. The lowest BCUT2D eigenvalue weighted by atomic mass is 10.0. The lowest BCUT2D eigenvalue weighted by Crippen LogP contribution is -2.37. The molecule has 0 spiro atoms. The number of allylic oxidation sites excluding steroid dienone is 20. The first-order valence-corrected chi connectivity index (χ1v) is 39.7. The molecule has 0 saturated carbocycles. The van der Waals surface area contributed by atoms with E-state index in [2.05, 4.69) is 135 Å². The maximum atomic E-state index is 12.9. The van der Waals surface area contributed by atoms with Crippen molar-refractivity contribution in [3.05, 3.63) is 122 Å². The molecule has 530 valence electrons. The van der Waals surface area contributed by atoms with E-state index < -0.39 is 26.5 Å². The number of hydrogen-bond donors (Lipinski definition) is 0. The zero-order valence-electron chi connectivity index (χ0n) is 60.5. The predicted molar refractivity (Wildman–Crippen MR) is 397 cm³/mol. The summed E-state index contributed by atoms with van der Waals surface area (Å²) < 4.78 is 34.4. The monoisotopic (exact) mass is 1300 g/mol. The number of rotatable bonds is 70. The van der Waals surface area contributed by atoms with Crippen LogP contribution in [-0.2, 0) is 32.7 Å². The zero-order chi connectivity index (χ0) is 66.9. The summed E-state index contributed by atoms with van der Waals surface area (Å²) in [5.41, 5.74) is 0. The van der Waals surface area contributed by atoms with Gasteiger partial charge in [0.15, 0.2) is 6.10 Å². The van der Waals surface area contributed by atoms with Gasteiger partial charge in [0.05, 0.1) is 27.7 Å². The standard InChI is InChI=1S/C82H144NO8P/c1-6-8-10-12-14-16-18-20-22-24-26-28-30-32-34-36-37-38-39-40-41-42-43-44-45-47-49-51-53-55-57-59-61-63-65-67-69-71-73-75-82(85)91-80(79-90-92(86,87)89-77-76-83(3,4)5)78-88-81(84)74-72-70-68-66-64-62-60-58-56-54-52-50-48-46-35-33-31-29-27-25-23-21-19-17-15-13-11-9-7-2/h8-11,14-17,20-23,26-29,32-35,80H,6-7,12-13,18-19,24-25,30-31,36-79H2,1-5H3/b10-8-,11-9-,16-14-,17-15-,22-20-,23-21-,28-26-,29-27-,34-32-,35-33-. The molecule has 10 heteroatoms. The summed E-state index contributed by atoms with van der Waals surface area (Å²) in [7, 11) is 1.17. The zero-order valence-corrected chi connectivity index (χ0v) is 61.4. The molecular formula is C82H144NO8P. The Morgan fingerprint density at radius 3 is 0.870 bits per heavy atom. The van der Waals surface area contributed by atoms with Crippen LogP contribution in [0.4, 0.5) is 0 Å². The van der Waals surface area contributed by atoms with Crippen LogP contribution >= 0.6 is 7.82 Å². The molecule has 0 saturated heterocycles. The number of hydrogen-bond acceptors (Lipinski definition) is 8. The summed E-state index contributed by atoms with van der Waals surface area (Å²) in [6.45, 7) is 4.05. The van der Waals surface area contributed by atoms with E-state index in [0.717, 1.165) is 103 Å². The van der Waals surface area contributed by atoms with E-state index in [9.17, 15) is 19.0 Å². The average molecular weight is 1300 g/mol. The molecule has 0 aromatic heterocycles. The van der Waals surface area contributed by atoms with Gasteiger partial charge in [0.2, 0.25) is 0 Å². The highest BCUT2D eigenvalue weighted by molar-refractivity contribution is 7.45. The van der Waals surface area contributed by atoms with Crippen LogP contribution in [0.2, 0.25) is 0 Å². The number of unbranched alkanes of at least 4 members (excludes halogenated alkanes) is 36. The van der Waals surface area contributed by atoms with Crippen molar-refractivity contribution in [1.29, 1.82) is 0 Å². The van der Waals surface area contributed by atoms with Crippen molar-refractivity contribution < 1.29 is 42.1 Å². The van der Waals surface area contributed by atoms with Crippen molar-refractivity contribution in [3.8, 4) is 0 Å². The molecule has 0 aliphatic rings. The Balaban J connectivity index is 3.96. The quantitative estimate of drug-likeness (QED) is 0.0195. The van der Waals surface area contributed by atoms with Gasteiger partial charge in [0, 0.05) is 12.8 Å². The third kappa shape index (κ3) is 75.4. The highest BCUT2D eigenvalue weighted by Gasteiger charge is 2.22. The number of esters is 2. The summed E-state index contributed by atoms with van der Waals surface area (Å²) in [6.07, 6.45) is 103. The molecule has 0 amide bonds. The van der Waals surface area contributed by atoms with Crippen molar-refractivity contribution in [2.45, 2.75) is 341 Å². The molecule has 0 radical (unpaired) electrons. The molecule has 0 aliphatic heterocycles. The van der Waals surface area contributed by atoms with Crippen LogP contribution in [0.5, 0.6) is 0 Å². The Bertz CT molecular complexity index is 1970. The molecule has 2 atom stereocenters. The Hall–Kier alpha value is -3.59. The van der Waals surface area contributed by atoms with E-state index in [1.54, 1.807) is 0 Å². The number of carbonyl (C=O) groups is 2. The van der Waals surface area contributed by atoms with Crippen molar-refractivity contribution in [1.82, 2.24) is 0 Å². The minimum atomic E-state index is -4.65. The number of likely N-dealkylation sites (N-methyl/N-ethyl adjacent to an activating group) is 1. The van der Waals surface area contributed by atoms with E-state index in [-0.39, 0.29) is 32.0 Å². The number of quaternary nitrogens is 1. The van der Waals surface area contributed by atoms with Crippen LogP contribution in [0.3, 0.4) is 0 Å². The first-order valence-electron chi connectivity index (χ1n) is 38.2. The summed E-state index contributed by atoms with van der Waals surface area (Å²) in [5, 5.41) is 0. The molecule has 9 nitrogen and oxygen atoms in total. The molecule has 0 N–H and O–H groups in total. The number of phosphoric ester groups is 1. The van der Waals surface area contributed by atoms with E-state index in [1.165, 1.54) is 199 Å². The third-order valence-corrected chi connectivity index (χ3v) is 17.4. The fourth-order valence-corrected chi connectivity index (χ4v) is 11.4. The van der Waals surface area contributed by atoms with Gasteiger partial charge in [-0.1, -0.05) is 341 Å². The number of carbonyl (C=O) groups excluding carboxylic acids is 2. The van der Waals surface area contributed by atoms with E-state index in [0.29, 0.717) is 17.4 Å². The first kappa shape index (κ1) is 88.4. The minimum absolute atomic E-state index is 0.0331. The van der Waals surface area contributed by atoms with Gasteiger partial charge < -0.3 is 27.9 Å². The normalized spacial score (nSPS) is 13.8. The van der Waals surface area contributed by atoms with Crippen molar-refractivity contribution in [2.24, 2.45) is 0 Å². The fourth-order valence-electron chi connectivity index (χ4n) is 10.7. The summed E-state index contributed by atoms with van der Waals surface area (Å²) in [6, 6.07) is 0. The second-order valence-corrected chi connectivity index (χ2v) is 28.0. The van der Waals surface area contributed by atoms with Crippen LogP contribution in [0, 0.1) is 0 Å². The van der Waals surface area contributed by atoms with E-state index in [4.69, 9.17) is 18.5 Å². The van der Waals surface area contributed by atoms with Gasteiger partial charge in [-0.05, 0) is 103 Å². The SMILES string of the molecule is CC/C=C\C/C=C\C/C=C\C/C=C\C/C=C\CCCCCCCCCCCCCCCCCCCCCCCCCC(=O)OC(COC(=O)CCCCCCCCCCCCCCC/C=C\C/C=C\C/C=C\C/C=C\C/C=C\CC)COP(=O)([O-])OCC[N+](C)(C)C. The third-order valence-electron chi connectivity index (χ3n) is 16.5. The molecule has 0 heterocycles. The van der Waals surface area contributed by atoms with Crippen molar-refractivity contribution in [2.75, 3.05) is 47.5 Å². The fraction of sp³-hybridized carbons (Fsp3) is 0.732. The minimum Gasteiger partial charge on any atom is -0.756 e. The van der Waals surface area contributed by atoms with Crippen LogP contribution in [0.15, 0.2) is 122 Å².